The summed E-state index contributed by atoms with van der Waals surface area (Å²) in [5.41, 5.74) is 0. The Balaban J connectivity index is 3.08. The van der Waals surface area contributed by atoms with Crippen molar-refractivity contribution in [1.29, 1.82) is 0 Å². The van der Waals surface area contributed by atoms with Gasteiger partial charge < -0.3 is 24.3 Å². The normalized spacial score (nSPS) is 32.1. The molecule has 1 heterocycles. The number of amides is 1. The Morgan fingerprint density at radius 3 is 1.95 bits per heavy atom. The van der Waals surface area contributed by atoms with Crippen molar-refractivity contribution < 1.29 is 33.3 Å². The minimum Gasteiger partial charge on any atom is -0.457 e. The van der Waals surface area contributed by atoms with Crippen LogP contribution >= 0.6 is 0 Å². The van der Waals surface area contributed by atoms with Crippen molar-refractivity contribution in [2.45, 2.75) is 58.3 Å². The SMILES string of the molecule is COC1OC(C)C(OC(C)=O)C(NC(C)=O)C1OC(C)=O. The summed E-state index contributed by atoms with van der Waals surface area (Å²) in [5, 5.41) is 2.63. The second-order valence-electron chi connectivity index (χ2n) is 4.82. The van der Waals surface area contributed by atoms with Crippen molar-refractivity contribution in [1.82, 2.24) is 5.32 Å². The van der Waals surface area contributed by atoms with Crippen LogP contribution in [0.25, 0.3) is 0 Å². The van der Waals surface area contributed by atoms with Gasteiger partial charge in [0.1, 0.15) is 6.04 Å². The van der Waals surface area contributed by atoms with Gasteiger partial charge >= 0.3 is 11.9 Å². The van der Waals surface area contributed by atoms with Gasteiger partial charge in [-0.15, -0.1) is 0 Å². The predicted molar refractivity (Wildman–Crippen MR) is 70.1 cm³/mol. The number of rotatable bonds is 4. The van der Waals surface area contributed by atoms with Gasteiger partial charge in [-0.1, -0.05) is 0 Å². The monoisotopic (exact) mass is 303 g/mol. The molecule has 0 aliphatic carbocycles. The van der Waals surface area contributed by atoms with Crippen LogP contribution in [-0.2, 0) is 33.3 Å². The zero-order chi connectivity index (χ0) is 16.2. The van der Waals surface area contributed by atoms with E-state index >= 15 is 0 Å². The third kappa shape index (κ3) is 4.68. The highest BCUT2D eigenvalue weighted by molar-refractivity contribution is 5.74. The molecule has 1 fully saturated rings. The lowest BCUT2D eigenvalue weighted by molar-refractivity contribution is -0.270. The molecule has 1 saturated heterocycles. The molecule has 1 amide bonds. The van der Waals surface area contributed by atoms with Gasteiger partial charge in [0.05, 0.1) is 6.10 Å². The van der Waals surface area contributed by atoms with Gasteiger partial charge in [-0.25, -0.2) is 0 Å². The fourth-order valence-electron chi connectivity index (χ4n) is 2.28. The molecule has 0 aromatic rings. The first-order valence-electron chi connectivity index (χ1n) is 6.56. The van der Waals surface area contributed by atoms with Crippen LogP contribution < -0.4 is 5.32 Å². The first kappa shape index (κ1) is 17.4. The van der Waals surface area contributed by atoms with Crippen molar-refractivity contribution in [3.63, 3.8) is 0 Å². The van der Waals surface area contributed by atoms with Crippen molar-refractivity contribution in [3.05, 3.63) is 0 Å². The molecular weight excluding hydrogens is 282 g/mol. The van der Waals surface area contributed by atoms with E-state index in [4.69, 9.17) is 18.9 Å². The molecule has 0 saturated carbocycles. The minimum atomic E-state index is -0.919. The van der Waals surface area contributed by atoms with Crippen molar-refractivity contribution >= 4 is 17.8 Å². The van der Waals surface area contributed by atoms with Crippen LogP contribution in [0, 0.1) is 0 Å². The Morgan fingerprint density at radius 2 is 1.52 bits per heavy atom. The Hall–Kier alpha value is -1.67. The molecule has 0 aromatic heterocycles. The van der Waals surface area contributed by atoms with E-state index in [1.807, 2.05) is 0 Å². The fourth-order valence-corrected chi connectivity index (χ4v) is 2.28. The molecule has 21 heavy (non-hydrogen) atoms. The zero-order valence-electron chi connectivity index (χ0n) is 12.7. The topological polar surface area (TPSA) is 100 Å². The van der Waals surface area contributed by atoms with Crippen molar-refractivity contribution in [2.75, 3.05) is 7.11 Å². The summed E-state index contributed by atoms with van der Waals surface area (Å²) in [6.45, 7) is 5.48. The average molecular weight is 303 g/mol. The van der Waals surface area contributed by atoms with Gasteiger partial charge in [-0.3, -0.25) is 14.4 Å². The summed E-state index contributed by atoms with van der Waals surface area (Å²) >= 11 is 0. The lowest BCUT2D eigenvalue weighted by Crippen LogP contribution is -2.65. The lowest BCUT2D eigenvalue weighted by Gasteiger charge is -2.43. The van der Waals surface area contributed by atoms with Crippen LogP contribution in [0.4, 0.5) is 0 Å². The van der Waals surface area contributed by atoms with E-state index in [1.165, 1.54) is 27.9 Å². The third-order valence-electron chi connectivity index (χ3n) is 2.99. The Morgan fingerprint density at radius 1 is 1.00 bits per heavy atom. The molecule has 1 N–H and O–H groups in total. The van der Waals surface area contributed by atoms with E-state index in [2.05, 4.69) is 5.32 Å². The summed E-state index contributed by atoms with van der Waals surface area (Å²) in [7, 11) is 1.39. The van der Waals surface area contributed by atoms with Gasteiger partial charge in [0.15, 0.2) is 18.5 Å². The standard InChI is InChI=1S/C13H21NO7/c1-6-11(20-8(3)16)10(14-7(2)15)12(21-9(4)17)13(18-5)19-6/h6,10-13H,1-5H3,(H,14,15). The smallest absolute Gasteiger partial charge is 0.303 e. The van der Waals surface area contributed by atoms with Crippen molar-refractivity contribution in [2.24, 2.45) is 0 Å². The van der Waals surface area contributed by atoms with Gasteiger partial charge in [0.2, 0.25) is 5.91 Å². The maximum absolute atomic E-state index is 11.4. The predicted octanol–water partition coefficient (Wildman–Crippen LogP) is -0.254. The quantitative estimate of drug-likeness (QED) is 0.714. The number of esters is 2. The van der Waals surface area contributed by atoms with E-state index in [1.54, 1.807) is 6.92 Å². The molecular formula is C13H21NO7. The van der Waals surface area contributed by atoms with Crippen LogP contribution in [0.2, 0.25) is 0 Å². The Labute approximate surface area is 123 Å². The first-order chi connectivity index (χ1) is 9.76. The molecule has 5 unspecified atom stereocenters. The van der Waals surface area contributed by atoms with Crippen LogP contribution in [-0.4, -0.2) is 55.6 Å². The molecule has 5 atom stereocenters. The number of hydrogen-bond donors (Lipinski definition) is 1. The first-order valence-corrected chi connectivity index (χ1v) is 6.56. The molecule has 120 valence electrons. The van der Waals surface area contributed by atoms with Gasteiger partial charge in [0, 0.05) is 27.9 Å². The molecule has 8 heteroatoms. The molecule has 8 nitrogen and oxygen atoms in total. The second kappa shape index (κ2) is 7.37. The number of nitrogens with one attached hydrogen (secondary N) is 1. The molecule has 0 aromatic carbocycles. The van der Waals surface area contributed by atoms with Crippen LogP contribution in [0.5, 0.6) is 0 Å². The molecule has 1 aliphatic rings. The number of carbonyl (C=O) groups is 3. The highest BCUT2D eigenvalue weighted by atomic mass is 16.7. The molecule has 0 spiro atoms. The molecule has 1 rings (SSSR count). The largest absolute Gasteiger partial charge is 0.457 e. The van der Waals surface area contributed by atoms with Gasteiger partial charge in [0.25, 0.3) is 0 Å². The molecule has 0 radical (unpaired) electrons. The van der Waals surface area contributed by atoms with E-state index < -0.39 is 42.6 Å². The van der Waals surface area contributed by atoms with Gasteiger partial charge in [-0.2, -0.15) is 0 Å². The van der Waals surface area contributed by atoms with Crippen LogP contribution in [0.1, 0.15) is 27.7 Å². The average Bonchev–Trinajstić information content (AvgIpc) is 2.35. The lowest BCUT2D eigenvalue weighted by atomic mass is 9.96. The summed E-state index contributed by atoms with van der Waals surface area (Å²) in [6, 6.07) is -0.760. The van der Waals surface area contributed by atoms with E-state index in [9.17, 15) is 14.4 Å². The highest BCUT2D eigenvalue weighted by Gasteiger charge is 2.48. The summed E-state index contributed by atoms with van der Waals surface area (Å²) < 4.78 is 21.1. The zero-order valence-corrected chi connectivity index (χ0v) is 12.7. The van der Waals surface area contributed by atoms with E-state index in [-0.39, 0.29) is 5.91 Å². The van der Waals surface area contributed by atoms with Gasteiger partial charge in [-0.05, 0) is 6.92 Å². The van der Waals surface area contributed by atoms with E-state index in [0.717, 1.165) is 0 Å². The van der Waals surface area contributed by atoms with E-state index in [0.29, 0.717) is 0 Å². The fraction of sp³-hybridized carbons (Fsp3) is 0.769. The Bertz CT molecular complexity index is 411. The van der Waals surface area contributed by atoms with Crippen LogP contribution in [0.3, 0.4) is 0 Å². The van der Waals surface area contributed by atoms with Crippen molar-refractivity contribution in [3.8, 4) is 0 Å². The molecule has 0 bridgehead atoms. The second-order valence-corrected chi connectivity index (χ2v) is 4.82. The van der Waals surface area contributed by atoms with Crippen LogP contribution in [0.15, 0.2) is 0 Å². The molecule has 1 aliphatic heterocycles. The number of ether oxygens (including phenoxy) is 4. The maximum Gasteiger partial charge on any atom is 0.303 e. The Kier molecular flexibility index (Phi) is 6.10. The highest BCUT2D eigenvalue weighted by Crippen LogP contribution is 2.26. The third-order valence-corrected chi connectivity index (χ3v) is 2.99. The summed E-state index contributed by atoms with van der Waals surface area (Å²) in [4.78, 5) is 33.9. The number of carbonyl (C=O) groups excluding carboxylic acids is 3. The number of hydrogen-bond acceptors (Lipinski definition) is 7. The maximum atomic E-state index is 11.4. The number of methoxy groups -OCH3 is 1. The minimum absolute atomic E-state index is 0.349. The summed E-state index contributed by atoms with van der Waals surface area (Å²) in [6.07, 6.45) is -3.12. The summed E-state index contributed by atoms with van der Waals surface area (Å²) in [5.74, 6) is -1.43.